The third kappa shape index (κ3) is 5.09. The van der Waals surface area contributed by atoms with Gasteiger partial charge in [0.15, 0.2) is 0 Å². The number of nitrogens with zero attached hydrogens (tertiary/aromatic N) is 1. The first-order valence-corrected chi connectivity index (χ1v) is 7.36. The zero-order valence-electron chi connectivity index (χ0n) is 12.6. The minimum absolute atomic E-state index is 0.265. The number of ether oxygens (including phenoxy) is 1. The maximum absolute atomic E-state index is 11.7. The van der Waals surface area contributed by atoms with Gasteiger partial charge >= 0.3 is 0 Å². The summed E-state index contributed by atoms with van der Waals surface area (Å²) in [5.74, 6) is -0.265. The predicted molar refractivity (Wildman–Crippen MR) is 77.0 cm³/mol. The first-order chi connectivity index (χ1) is 8.99. The van der Waals surface area contributed by atoms with E-state index in [1.165, 1.54) is 0 Å². The highest BCUT2D eigenvalue weighted by atomic mass is 16.5. The van der Waals surface area contributed by atoms with E-state index in [1.807, 2.05) is 6.92 Å². The van der Waals surface area contributed by atoms with Crippen molar-refractivity contribution >= 4 is 5.91 Å². The number of hydrogen-bond acceptors (Lipinski definition) is 4. The average molecular weight is 271 g/mol. The van der Waals surface area contributed by atoms with Crippen LogP contribution >= 0.6 is 0 Å². The molecule has 1 amide bonds. The summed E-state index contributed by atoms with van der Waals surface area (Å²) >= 11 is 0. The maximum atomic E-state index is 11.7. The van der Waals surface area contributed by atoms with Crippen molar-refractivity contribution in [1.82, 2.24) is 10.2 Å². The molecule has 5 nitrogen and oxygen atoms in total. The van der Waals surface area contributed by atoms with Crippen LogP contribution in [0.15, 0.2) is 0 Å². The molecule has 0 saturated carbocycles. The van der Waals surface area contributed by atoms with Crippen LogP contribution < -0.4 is 11.1 Å². The van der Waals surface area contributed by atoms with Gasteiger partial charge in [0, 0.05) is 25.7 Å². The summed E-state index contributed by atoms with van der Waals surface area (Å²) in [6.07, 6.45) is 2.79. The highest BCUT2D eigenvalue weighted by molar-refractivity contribution is 5.84. The van der Waals surface area contributed by atoms with Gasteiger partial charge in [0.2, 0.25) is 5.91 Å². The fourth-order valence-corrected chi connectivity index (χ4v) is 2.59. The van der Waals surface area contributed by atoms with E-state index in [0.717, 1.165) is 52.1 Å². The van der Waals surface area contributed by atoms with Crippen molar-refractivity contribution < 1.29 is 9.53 Å². The Bertz CT molecular complexity index is 278. The van der Waals surface area contributed by atoms with E-state index in [1.54, 1.807) is 0 Å². The van der Waals surface area contributed by atoms with Crippen LogP contribution in [0.1, 0.15) is 40.0 Å². The molecule has 2 unspecified atom stereocenters. The molecule has 112 valence electrons. The lowest BCUT2D eigenvalue weighted by Crippen LogP contribution is -2.56. The van der Waals surface area contributed by atoms with Gasteiger partial charge in [-0.1, -0.05) is 6.92 Å². The molecule has 1 saturated heterocycles. The van der Waals surface area contributed by atoms with Crippen LogP contribution in [0.4, 0.5) is 0 Å². The van der Waals surface area contributed by atoms with Crippen LogP contribution in [0.25, 0.3) is 0 Å². The maximum Gasteiger partial charge on any atom is 0.237 e. The van der Waals surface area contributed by atoms with Crippen molar-refractivity contribution in [2.45, 2.75) is 51.6 Å². The van der Waals surface area contributed by atoms with E-state index in [4.69, 9.17) is 10.5 Å². The fraction of sp³-hybridized carbons (Fsp3) is 0.929. The van der Waals surface area contributed by atoms with Crippen LogP contribution in [0.5, 0.6) is 0 Å². The van der Waals surface area contributed by atoms with Gasteiger partial charge in [0.1, 0.15) is 0 Å². The molecule has 0 aromatic carbocycles. The highest BCUT2D eigenvalue weighted by Crippen LogP contribution is 2.17. The van der Waals surface area contributed by atoms with Gasteiger partial charge in [-0.05, 0) is 39.7 Å². The smallest absolute Gasteiger partial charge is 0.237 e. The van der Waals surface area contributed by atoms with Crippen LogP contribution in [-0.4, -0.2) is 55.2 Å². The summed E-state index contributed by atoms with van der Waals surface area (Å²) in [5.41, 5.74) is 4.95. The topological polar surface area (TPSA) is 67.6 Å². The number of nitrogens with one attached hydrogen (secondary N) is 1. The quantitative estimate of drug-likeness (QED) is 0.716. The standard InChI is InChI=1S/C14H29N3O2/c1-4-6-16-14(3,13(15)18)11-12(2)17-7-5-9-19-10-8-17/h12,16H,4-11H2,1-3H3,(H2,15,18). The van der Waals surface area contributed by atoms with E-state index in [9.17, 15) is 4.79 Å². The summed E-state index contributed by atoms with van der Waals surface area (Å²) in [6, 6.07) is 0.323. The van der Waals surface area contributed by atoms with E-state index >= 15 is 0 Å². The summed E-state index contributed by atoms with van der Waals surface area (Å²) in [5, 5.41) is 3.30. The van der Waals surface area contributed by atoms with E-state index in [0.29, 0.717) is 6.04 Å². The summed E-state index contributed by atoms with van der Waals surface area (Å²) in [6.45, 7) is 10.6. The number of rotatable bonds is 7. The van der Waals surface area contributed by atoms with Gasteiger partial charge in [-0.2, -0.15) is 0 Å². The zero-order chi connectivity index (χ0) is 14.3. The normalized spacial score (nSPS) is 22.5. The van der Waals surface area contributed by atoms with E-state index < -0.39 is 5.54 Å². The van der Waals surface area contributed by atoms with Gasteiger partial charge in [-0.25, -0.2) is 0 Å². The molecule has 2 atom stereocenters. The second kappa shape index (κ2) is 7.82. The number of primary amides is 1. The number of carbonyl (C=O) groups is 1. The van der Waals surface area contributed by atoms with Crippen molar-refractivity contribution in [1.29, 1.82) is 0 Å². The molecule has 0 aliphatic carbocycles. The van der Waals surface area contributed by atoms with Crippen molar-refractivity contribution in [2.24, 2.45) is 5.73 Å². The third-order valence-corrected chi connectivity index (χ3v) is 3.89. The Morgan fingerprint density at radius 1 is 1.47 bits per heavy atom. The van der Waals surface area contributed by atoms with E-state index in [2.05, 4.69) is 24.1 Å². The van der Waals surface area contributed by atoms with Crippen LogP contribution in [-0.2, 0) is 9.53 Å². The largest absolute Gasteiger partial charge is 0.380 e. The van der Waals surface area contributed by atoms with Gasteiger partial charge in [0.05, 0.1) is 12.1 Å². The first kappa shape index (κ1) is 16.4. The Hall–Kier alpha value is -0.650. The van der Waals surface area contributed by atoms with E-state index in [-0.39, 0.29) is 5.91 Å². The van der Waals surface area contributed by atoms with Crippen molar-refractivity contribution in [3.05, 3.63) is 0 Å². The monoisotopic (exact) mass is 271 g/mol. The lowest BCUT2D eigenvalue weighted by Gasteiger charge is -2.35. The SMILES string of the molecule is CCCNC(C)(CC(C)N1CCCOCC1)C(N)=O. The molecular formula is C14H29N3O2. The fourth-order valence-electron chi connectivity index (χ4n) is 2.59. The minimum atomic E-state index is -0.622. The molecule has 19 heavy (non-hydrogen) atoms. The summed E-state index contributed by atoms with van der Waals surface area (Å²) in [4.78, 5) is 14.1. The highest BCUT2D eigenvalue weighted by Gasteiger charge is 2.33. The molecule has 0 bridgehead atoms. The number of carbonyl (C=O) groups excluding carboxylic acids is 1. The van der Waals surface area contributed by atoms with Gasteiger partial charge in [-0.3, -0.25) is 9.69 Å². The van der Waals surface area contributed by atoms with Crippen molar-refractivity contribution in [3.63, 3.8) is 0 Å². The van der Waals surface area contributed by atoms with Crippen LogP contribution in [0.2, 0.25) is 0 Å². The molecule has 0 aromatic rings. The number of amides is 1. The van der Waals surface area contributed by atoms with Gasteiger partial charge in [0.25, 0.3) is 0 Å². The molecule has 1 rings (SSSR count). The average Bonchev–Trinajstić information content (AvgIpc) is 2.65. The Morgan fingerprint density at radius 3 is 2.84 bits per heavy atom. The molecule has 1 aliphatic rings. The molecule has 0 aromatic heterocycles. The molecule has 1 fully saturated rings. The second-order valence-electron chi connectivity index (χ2n) is 5.68. The molecule has 3 N–H and O–H groups in total. The first-order valence-electron chi connectivity index (χ1n) is 7.36. The molecule has 0 spiro atoms. The lowest BCUT2D eigenvalue weighted by atomic mass is 9.91. The minimum Gasteiger partial charge on any atom is -0.380 e. The van der Waals surface area contributed by atoms with Gasteiger partial charge < -0.3 is 15.8 Å². The lowest BCUT2D eigenvalue weighted by molar-refractivity contribution is -0.124. The Labute approximate surface area is 116 Å². The molecule has 1 heterocycles. The molecule has 1 aliphatic heterocycles. The van der Waals surface area contributed by atoms with Crippen LogP contribution in [0, 0.1) is 0 Å². The Morgan fingerprint density at radius 2 is 2.21 bits per heavy atom. The predicted octanol–water partition coefficient (Wildman–Crippen LogP) is 0.731. The second-order valence-corrected chi connectivity index (χ2v) is 5.68. The Balaban J connectivity index is 2.58. The molecule has 0 radical (unpaired) electrons. The van der Waals surface area contributed by atoms with Crippen LogP contribution in [0.3, 0.4) is 0 Å². The molecule has 5 heteroatoms. The number of hydrogen-bond donors (Lipinski definition) is 2. The third-order valence-electron chi connectivity index (χ3n) is 3.89. The van der Waals surface area contributed by atoms with Crippen molar-refractivity contribution in [3.8, 4) is 0 Å². The Kier molecular flexibility index (Phi) is 6.75. The summed E-state index contributed by atoms with van der Waals surface area (Å²) < 4.78 is 5.47. The zero-order valence-corrected chi connectivity index (χ0v) is 12.6. The van der Waals surface area contributed by atoms with Gasteiger partial charge in [-0.15, -0.1) is 0 Å². The number of nitrogens with two attached hydrogens (primary N) is 1. The molecular weight excluding hydrogens is 242 g/mol. The van der Waals surface area contributed by atoms with Crippen molar-refractivity contribution in [2.75, 3.05) is 32.8 Å². The summed E-state index contributed by atoms with van der Waals surface area (Å²) in [7, 11) is 0.